The smallest absolute Gasteiger partial charge is 0.350 e. The molecule has 0 saturated heterocycles. The van der Waals surface area contributed by atoms with Crippen LogP contribution in [0.5, 0.6) is 0 Å². The zero-order chi connectivity index (χ0) is 26.2. The number of rotatable bonds is 7. The lowest BCUT2D eigenvalue weighted by Gasteiger charge is -2.26. The number of aromatic nitrogens is 2. The van der Waals surface area contributed by atoms with Gasteiger partial charge >= 0.3 is 17.7 Å². The highest BCUT2D eigenvalue weighted by Gasteiger charge is 2.28. The number of nitrogens with zero attached hydrogens (tertiary/aromatic N) is 2. The Bertz CT molecular complexity index is 1050. The van der Waals surface area contributed by atoms with E-state index in [2.05, 4.69) is 17.3 Å². The molecule has 1 N–H and O–H groups in total. The van der Waals surface area contributed by atoms with Crippen molar-refractivity contribution in [3.63, 3.8) is 0 Å². The molecule has 35 heavy (non-hydrogen) atoms. The highest BCUT2D eigenvalue weighted by molar-refractivity contribution is 7.51. The lowest BCUT2D eigenvalue weighted by molar-refractivity contribution is -0.134. The fraction of sp³-hybridized carbons (Fsp3) is 0.565. The molecule has 1 fully saturated rings. The number of carbonyl (C=O) groups excluding carboxylic acids is 1. The van der Waals surface area contributed by atoms with Gasteiger partial charge in [-0.3, -0.25) is 9.48 Å². The Morgan fingerprint density at radius 1 is 1.20 bits per heavy atom. The molecule has 194 valence electrons. The summed E-state index contributed by atoms with van der Waals surface area (Å²) in [5.74, 6) is 0.865. The second-order valence-electron chi connectivity index (χ2n) is 8.66. The van der Waals surface area contributed by atoms with Crippen LogP contribution in [0.4, 0.5) is 13.2 Å². The van der Waals surface area contributed by atoms with E-state index in [1.54, 1.807) is 16.8 Å². The summed E-state index contributed by atoms with van der Waals surface area (Å²) in [6, 6.07) is 4.74. The maximum atomic E-state index is 12.8. The summed E-state index contributed by atoms with van der Waals surface area (Å²) >= 11 is 12.2. The predicted octanol–water partition coefficient (Wildman–Crippen LogP) is 6.26. The van der Waals surface area contributed by atoms with E-state index in [0.29, 0.717) is 35.8 Å². The third-order valence-corrected chi connectivity index (χ3v) is 6.75. The zero-order valence-corrected chi connectivity index (χ0v) is 21.8. The number of alkyl halides is 3. The average Bonchev–Trinajstić information content (AvgIpc) is 3.13. The summed E-state index contributed by atoms with van der Waals surface area (Å²) in [5.41, 5.74) is 1.62. The molecule has 0 spiro atoms. The number of amides is 1. The van der Waals surface area contributed by atoms with Crippen molar-refractivity contribution in [2.24, 2.45) is 11.8 Å². The molecular formula is C23H28Cl2F3N3O3S. The van der Waals surface area contributed by atoms with Crippen molar-refractivity contribution < 1.29 is 26.4 Å². The molecule has 1 aromatic carbocycles. The van der Waals surface area contributed by atoms with E-state index in [9.17, 15) is 18.0 Å². The Morgan fingerprint density at radius 2 is 1.83 bits per heavy atom. The van der Waals surface area contributed by atoms with Crippen molar-refractivity contribution in [3.8, 4) is 11.3 Å². The van der Waals surface area contributed by atoms with Gasteiger partial charge in [-0.05, 0) is 49.7 Å². The van der Waals surface area contributed by atoms with E-state index in [4.69, 9.17) is 31.6 Å². The maximum absolute atomic E-state index is 12.8. The maximum Gasteiger partial charge on any atom is 0.389 e. The number of hydrogen-bond acceptors (Lipinski definition) is 4. The molecule has 0 unspecified atom stereocenters. The van der Waals surface area contributed by atoms with Crippen LogP contribution in [0.25, 0.3) is 11.3 Å². The average molecular weight is 554 g/mol. The lowest BCUT2D eigenvalue weighted by atomic mass is 9.83. The molecule has 1 aromatic heterocycles. The van der Waals surface area contributed by atoms with Crippen LogP contribution in [-0.2, 0) is 24.5 Å². The van der Waals surface area contributed by atoms with Gasteiger partial charge < -0.3 is 5.32 Å². The second-order valence-corrected chi connectivity index (χ2v) is 9.58. The summed E-state index contributed by atoms with van der Waals surface area (Å²) in [4.78, 5) is 12.8. The molecule has 6 nitrogen and oxygen atoms in total. The summed E-state index contributed by atoms with van der Waals surface area (Å²) in [5, 5.41) is 7.79. The fourth-order valence-electron chi connectivity index (χ4n) is 4.12. The quantitative estimate of drug-likeness (QED) is 0.438. The number of nitrogens with one attached hydrogen (secondary N) is 1. The fourth-order valence-corrected chi connectivity index (χ4v) is 4.73. The first-order chi connectivity index (χ1) is 16.5. The van der Waals surface area contributed by atoms with Gasteiger partial charge in [0.05, 0.1) is 15.7 Å². The third-order valence-electron chi connectivity index (χ3n) is 6.08. The molecule has 1 aliphatic carbocycles. The van der Waals surface area contributed by atoms with Crippen LogP contribution in [0.3, 0.4) is 0 Å². The van der Waals surface area contributed by atoms with Crippen LogP contribution in [0.1, 0.15) is 62.0 Å². The molecule has 0 atom stereocenters. The van der Waals surface area contributed by atoms with E-state index in [1.807, 2.05) is 6.92 Å². The summed E-state index contributed by atoms with van der Waals surface area (Å²) in [6.45, 7) is 5.16. The Morgan fingerprint density at radius 3 is 2.37 bits per heavy atom. The van der Waals surface area contributed by atoms with Gasteiger partial charge in [-0.25, -0.2) is 0 Å². The SMILES string of the molecule is CCn1nc(C(=O)NCC2CCC(C)CC2)c(Cl)c1-c1ccc(CCC(F)(F)F)cc1Cl.O=S=O. The van der Waals surface area contributed by atoms with Gasteiger partial charge in [0.15, 0.2) is 5.69 Å². The van der Waals surface area contributed by atoms with E-state index < -0.39 is 24.2 Å². The first-order valence-electron chi connectivity index (χ1n) is 11.3. The zero-order valence-electron chi connectivity index (χ0n) is 19.5. The first kappa shape index (κ1) is 29.3. The van der Waals surface area contributed by atoms with Crippen molar-refractivity contribution in [1.29, 1.82) is 0 Å². The largest absolute Gasteiger partial charge is 0.389 e. The molecule has 1 saturated carbocycles. The van der Waals surface area contributed by atoms with Gasteiger partial charge in [0.2, 0.25) is 0 Å². The Hall–Kier alpha value is -1.91. The number of carbonyl (C=O) groups is 1. The van der Waals surface area contributed by atoms with E-state index >= 15 is 0 Å². The molecule has 12 heteroatoms. The second kappa shape index (κ2) is 13.4. The molecule has 1 aliphatic rings. The predicted molar refractivity (Wildman–Crippen MR) is 130 cm³/mol. The van der Waals surface area contributed by atoms with Crippen LogP contribution in [-0.4, -0.2) is 36.8 Å². The van der Waals surface area contributed by atoms with E-state index in [1.165, 1.54) is 18.9 Å². The van der Waals surface area contributed by atoms with Gasteiger partial charge in [0.1, 0.15) is 0 Å². The van der Waals surface area contributed by atoms with Crippen molar-refractivity contribution in [2.75, 3.05) is 6.54 Å². The van der Waals surface area contributed by atoms with E-state index in [0.717, 1.165) is 18.8 Å². The van der Waals surface area contributed by atoms with Crippen molar-refractivity contribution in [3.05, 3.63) is 39.5 Å². The molecule has 0 bridgehead atoms. The topological polar surface area (TPSA) is 81.1 Å². The van der Waals surface area contributed by atoms with Crippen LogP contribution < -0.4 is 5.32 Å². The Balaban J connectivity index is 0.00000137. The summed E-state index contributed by atoms with van der Waals surface area (Å²) in [7, 11) is 0. The highest BCUT2D eigenvalue weighted by Crippen LogP contribution is 2.36. The number of benzene rings is 1. The minimum atomic E-state index is -4.23. The minimum Gasteiger partial charge on any atom is -0.350 e. The highest BCUT2D eigenvalue weighted by atomic mass is 35.5. The van der Waals surface area contributed by atoms with E-state index in [-0.39, 0.29) is 28.1 Å². The van der Waals surface area contributed by atoms with Gasteiger partial charge in [-0.2, -0.15) is 26.7 Å². The summed E-state index contributed by atoms with van der Waals surface area (Å²) in [6.07, 6.45) is -0.757. The molecule has 1 amide bonds. The molecular weight excluding hydrogens is 526 g/mol. The molecule has 0 aliphatic heterocycles. The van der Waals surface area contributed by atoms with Crippen molar-refractivity contribution in [1.82, 2.24) is 15.1 Å². The summed E-state index contributed by atoms with van der Waals surface area (Å²) < 4.78 is 55.7. The monoisotopic (exact) mass is 553 g/mol. The standard InChI is InChI=1S/C23H28Cl2F3N3O.O2S/c1-3-31-21(17-9-8-15(12-18(17)24)10-11-23(26,27)28)19(25)20(30-31)22(32)29-13-16-6-4-14(2)5-7-16;1-3-2/h8-9,12,14,16H,3-7,10-11,13H2,1-2H3,(H,29,32);. The van der Waals surface area contributed by atoms with Gasteiger partial charge in [0, 0.05) is 25.1 Å². The van der Waals surface area contributed by atoms with Crippen molar-refractivity contribution >= 4 is 40.7 Å². The molecule has 1 heterocycles. The van der Waals surface area contributed by atoms with Gasteiger partial charge in [-0.15, -0.1) is 0 Å². The lowest BCUT2D eigenvalue weighted by Crippen LogP contribution is -2.31. The Labute approximate surface area is 216 Å². The van der Waals surface area contributed by atoms with Gasteiger partial charge in [-0.1, -0.05) is 55.1 Å². The molecule has 3 rings (SSSR count). The van der Waals surface area contributed by atoms with Crippen LogP contribution in [0.2, 0.25) is 10.0 Å². The third kappa shape index (κ3) is 8.61. The van der Waals surface area contributed by atoms with Crippen LogP contribution >= 0.6 is 23.2 Å². The number of aryl methyl sites for hydroxylation is 2. The number of hydrogen-bond donors (Lipinski definition) is 1. The number of halogens is 5. The van der Waals surface area contributed by atoms with Crippen molar-refractivity contribution in [2.45, 2.75) is 65.1 Å². The molecule has 0 radical (unpaired) electrons. The first-order valence-corrected chi connectivity index (χ1v) is 12.7. The Kier molecular flexibility index (Phi) is 11.2. The van der Waals surface area contributed by atoms with Crippen LogP contribution in [0, 0.1) is 11.8 Å². The minimum absolute atomic E-state index is 0.130. The van der Waals surface area contributed by atoms with Crippen LogP contribution in [0.15, 0.2) is 18.2 Å². The normalized spacial score (nSPS) is 17.9. The van der Waals surface area contributed by atoms with Gasteiger partial charge in [0.25, 0.3) is 5.91 Å². The molecule has 2 aromatic rings.